The molecule has 7 rings (SSSR count). The summed E-state index contributed by atoms with van der Waals surface area (Å²) in [4.78, 5) is 128. The van der Waals surface area contributed by atoms with Crippen LogP contribution in [-0.2, 0) is 108 Å². The zero-order valence-electron chi connectivity index (χ0n) is 57.9. The molecule has 1 fully saturated rings. The summed E-state index contributed by atoms with van der Waals surface area (Å²) in [7, 11) is 1.57. The zero-order chi connectivity index (χ0) is 73.5. The van der Waals surface area contributed by atoms with Gasteiger partial charge in [0.1, 0.15) is 55.4 Å². The number of anilines is 1. The van der Waals surface area contributed by atoms with Gasteiger partial charge < -0.3 is 115 Å². The van der Waals surface area contributed by atoms with Gasteiger partial charge in [-0.3, -0.25) is 28.8 Å². The van der Waals surface area contributed by atoms with Gasteiger partial charge in [-0.05, 0) is 81.3 Å². The lowest BCUT2D eigenvalue weighted by Crippen LogP contribution is -2.61. The van der Waals surface area contributed by atoms with Gasteiger partial charge in [0.25, 0.3) is 5.56 Å². The van der Waals surface area contributed by atoms with Crippen LogP contribution in [-0.4, -0.2) is 242 Å². The molecule has 3 aliphatic rings. The van der Waals surface area contributed by atoms with Gasteiger partial charge in [0, 0.05) is 62.1 Å². The molecule has 556 valence electrons. The minimum atomic E-state index is -2.09. The van der Waals surface area contributed by atoms with E-state index >= 15 is 0 Å². The number of hydrogen-bond donors (Lipinski definition) is 11. The van der Waals surface area contributed by atoms with E-state index in [0.717, 1.165) is 10.9 Å². The van der Waals surface area contributed by atoms with Gasteiger partial charge in [-0.15, -0.1) is 0 Å². The van der Waals surface area contributed by atoms with Crippen molar-refractivity contribution >= 4 is 64.2 Å². The summed E-state index contributed by atoms with van der Waals surface area (Å²) in [6.07, 6.45) is -11.5. The standard InChI is InChI=1S/C68H95N9O24/c1-8-68(91)46-34-50-55-44(35-77(50)63(86)45(46)37-98-66(68)89)42(43-11-9-10-12-47(43)73-55)17-21-76(39(4)5)67(90)99-36-41-13-14-48(51(33-41)100-65-58(82)56(80)57(81)59(101-65)64(87)88)74-60(83)40(6)71-62(85)54(38(2)3)75-52(78)16-15-49(72-53(79)18-22-93-27-28-94-23-19-69)61(84)70-20-24-95-29-30-97-32-31-96-26-25-92-7/h9-14,33-34,38-40,49,54,56-59,65,80-82,91H,8,15-32,35-37,69H2,1-7H3,(H,70,84)(H,71,85)(H,72,79)(H,74,83)(H,75,78)(H,87,88)/t40-,49+,54-,56-,57-,58+,59-,65+,68-/m0/s1. The predicted octanol–water partition coefficient (Wildman–Crippen LogP) is -0.0163. The highest BCUT2D eigenvalue weighted by molar-refractivity contribution is 5.99. The number of aliphatic hydroxyl groups is 4. The summed E-state index contributed by atoms with van der Waals surface area (Å²) >= 11 is 0. The third-order valence-corrected chi connectivity index (χ3v) is 17.1. The van der Waals surface area contributed by atoms with Gasteiger partial charge >= 0.3 is 18.0 Å². The number of pyridine rings is 2. The SMILES string of the molecule is CC[C@@]1(O)C(=O)OCc2c1cc1n(c2=O)Cc2c-1nc1ccccc1c2CCN(C(=O)OCc1ccc(NC(=O)[C@H](C)NC(=O)[C@@H](NC(=O)CC[C@@H](NC(=O)CCOCCOCCN)C(=O)NCCOCCOCCOCCOC)C(C)C)c(O[C@@H]2O[C@H](C(=O)O)[C@@H](O)[C@H](O)[C@H]2O)c1)C(C)C. The molecule has 3 aliphatic heterocycles. The van der Waals surface area contributed by atoms with Crippen LogP contribution in [0.15, 0.2) is 53.3 Å². The first kappa shape index (κ1) is 80.0. The van der Waals surface area contributed by atoms with Gasteiger partial charge in [0.2, 0.25) is 35.8 Å². The first-order chi connectivity index (χ1) is 48.3. The lowest BCUT2D eigenvalue weighted by molar-refractivity contribution is -0.271. The highest BCUT2D eigenvalue weighted by Crippen LogP contribution is 2.41. The monoisotopic (exact) mass is 1420 g/mol. The number of para-hydroxylation sites is 1. The van der Waals surface area contributed by atoms with Crippen LogP contribution < -0.4 is 42.6 Å². The molecule has 33 nitrogen and oxygen atoms in total. The summed E-state index contributed by atoms with van der Waals surface area (Å²) in [6.45, 7) is 12.7. The van der Waals surface area contributed by atoms with Crippen molar-refractivity contribution in [2.75, 3.05) is 105 Å². The quantitative estimate of drug-likeness (QED) is 0.0181. The Bertz CT molecular complexity index is 3570. The molecule has 0 saturated carbocycles. The van der Waals surface area contributed by atoms with Crippen molar-refractivity contribution in [3.05, 3.63) is 86.7 Å². The number of aliphatic hydroxyl groups excluding tert-OH is 3. The first-order valence-electron chi connectivity index (χ1n) is 33.6. The van der Waals surface area contributed by atoms with Crippen LogP contribution in [0.3, 0.4) is 0 Å². The number of ether oxygens (including phenoxy) is 10. The third-order valence-electron chi connectivity index (χ3n) is 17.1. The second-order valence-corrected chi connectivity index (χ2v) is 24.9. The number of carbonyl (C=O) groups excluding carboxylic acids is 7. The van der Waals surface area contributed by atoms with E-state index in [0.29, 0.717) is 62.0 Å². The fourth-order valence-corrected chi connectivity index (χ4v) is 11.4. The Labute approximate surface area is 583 Å². The van der Waals surface area contributed by atoms with Crippen LogP contribution in [0.4, 0.5) is 10.5 Å². The Morgan fingerprint density at radius 2 is 1.44 bits per heavy atom. The maximum absolute atomic E-state index is 14.2. The number of nitrogens with two attached hydrogens (primary N) is 1. The Kier molecular flexibility index (Phi) is 30.6. The van der Waals surface area contributed by atoms with Gasteiger partial charge in [-0.25, -0.2) is 19.4 Å². The van der Waals surface area contributed by atoms with Crippen molar-refractivity contribution in [1.82, 2.24) is 35.7 Å². The number of aromatic nitrogens is 2. The summed E-state index contributed by atoms with van der Waals surface area (Å²) in [5.41, 5.74) is 6.34. The number of carboxylic acids is 1. The summed E-state index contributed by atoms with van der Waals surface area (Å²) in [5, 5.41) is 67.4. The van der Waals surface area contributed by atoms with Gasteiger partial charge in [-0.1, -0.05) is 45.0 Å². The number of aliphatic carboxylic acids is 1. The summed E-state index contributed by atoms with van der Waals surface area (Å²) in [6, 6.07) is 8.80. The average molecular weight is 1420 g/mol. The summed E-state index contributed by atoms with van der Waals surface area (Å²) in [5.74, 6) is -6.91. The van der Waals surface area contributed by atoms with Crippen molar-refractivity contribution in [3.63, 3.8) is 0 Å². The predicted molar refractivity (Wildman–Crippen MR) is 358 cm³/mol. The molecule has 2 aromatic carbocycles. The number of nitrogens with one attached hydrogen (secondary N) is 5. The zero-order valence-corrected chi connectivity index (χ0v) is 57.9. The molecule has 0 bridgehead atoms. The van der Waals surface area contributed by atoms with Gasteiger partial charge in [0.05, 0.1) is 107 Å². The number of cyclic esters (lactones) is 1. The largest absolute Gasteiger partial charge is 0.479 e. The number of carboxylic acid groups (broad SMARTS) is 1. The number of hydrogen-bond acceptors (Lipinski definition) is 25. The van der Waals surface area contributed by atoms with E-state index in [4.69, 9.17) is 58.1 Å². The topological polar surface area (TPSA) is 454 Å². The number of carbonyl (C=O) groups is 8. The minimum absolute atomic E-state index is 0.0101. The fourth-order valence-electron chi connectivity index (χ4n) is 11.4. The first-order valence-corrected chi connectivity index (χ1v) is 33.6. The van der Waals surface area contributed by atoms with Crippen LogP contribution in [0, 0.1) is 5.92 Å². The molecule has 101 heavy (non-hydrogen) atoms. The molecular formula is C68H95N9O24. The molecule has 0 spiro atoms. The fraction of sp³-hybridized carbons (Fsp3) is 0.588. The van der Waals surface area contributed by atoms with Crippen LogP contribution in [0.25, 0.3) is 22.3 Å². The summed E-state index contributed by atoms with van der Waals surface area (Å²) < 4.78 is 56.1. The van der Waals surface area contributed by atoms with E-state index in [2.05, 4.69) is 26.6 Å². The van der Waals surface area contributed by atoms with E-state index in [1.807, 2.05) is 24.3 Å². The van der Waals surface area contributed by atoms with E-state index in [9.17, 15) is 68.7 Å². The third kappa shape index (κ3) is 21.4. The van der Waals surface area contributed by atoms with E-state index in [-0.39, 0.29) is 126 Å². The number of esters is 1. The number of benzene rings is 2. The van der Waals surface area contributed by atoms with E-state index in [1.54, 1.807) is 47.8 Å². The average Bonchev–Trinajstić information content (AvgIpc) is 1.62. The van der Waals surface area contributed by atoms with Crippen LogP contribution in [0.5, 0.6) is 5.75 Å². The molecule has 2 aromatic heterocycles. The number of fused-ring (bicyclic) bond motifs is 5. The van der Waals surface area contributed by atoms with Crippen molar-refractivity contribution < 1.29 is 111 Å². The molecule has 0 aliphatic carbocycles. The number of amides is 6. The van der Waals surface area contributed by atoms with Gasteiger partial charge in [0.15, 0.2) is 11.7 Å². The lowest BCUT2D eigenvalue weighted by Gasteiger charge is -2.38. The smallest absolute Gasteiger partial charge is 0.410 e. The lowest BCUT2D eigenvalue weighted by atomic mass is 9.86. The molecule has 1 saturated heterocycles. The minimum Gasteiger partial charge on any atom is -0.479 e. The molecular weight excluding hydrogens is 1330 g/mol. The molecule has 0 unspecified atom stereocenters. The molecule has 4 aromatic rings. The van der Waals surface area contributed by atoms with Crippen molar-refractivity contribution in [2.24, 2.45) is 11.7 Å². The number of nitrogens with zero attached hydrogens (tertiary/aromatic N) is 3. The Hall–Kier alpha value is -8.32. The number of methoxy groups -OCH3 is 1. The molecule has 6 amide bonds. The highest BCUT2D eigenvalue weighted by Gasteiger charge is 2.49. The normalized spacial score (nSPS) is 19.3. The van der Waals surface area contributed by atoms with Crippen LogP contribution in [0.1, 0.15) is 95.0 Å². The molecule has 33 heteroatoms. The second-order valence-electron chi connectivity index (χ2n) is 24.9. The van der Waals surface area contributed by atoms with Crippen LogP contribution >= 0.6 is 0 Å². The highest BCUT2D eigenvalue weighted by atomic mass is 16.7. The number of rotatable bonds is 41. The second kappa shape index (κ2) is 38.6. The molecule has 5 heterocycles. The molecule has 12 N–H and O–H groups in total. The van der Waals surface area contributed by atoms with E-state index < -0.39 is 126 Å². The van der Waals surface area contributed by atoms with Crippen molar-refractivity contribution in [3.8, 4) is 17.1 Å². The van der Waals surface area contributed by atoms with Crippen LogP contribution in [0.2, 0.25) is 0 Å². The Morgan fingerprint density at radius 3 is 2.10 bits per heavy atom. The van der Waals surface area contributed by atoms with E-state index in [1.165, 1.54) is 34.6 Å². The maximum Gasteiger partial charge on any atom is 0.410 e. The van der Waals surface area contributed by atoms with Crippen molar-refractivity contribution in [1.29, 1.82) is 0 Å². The Morgan fingerprint density at radius 1 is 0.772 bits per heavy atom. The Balaban J connectivity index is 1.00. The van der Waals surface area contributed by atoms with Gasteiger partial charge in [-0.2, -0.15) is 0 Å². The van der Waals surface area contributed by atoms with Crippen molar-refractivity contribution in [2.45, 2.75) is 154 Å². The maximum atomic E-state index is 14.2. The molecule has 9 atom stereocenters. The molecule has 0 radical (unpaired) electrons.